The molecule has 2 aromatic carbocycles. The molecule has 2 amide bonds. The number of amidine groups is 1. The van der Waals surface area contributed by atoms with E-state index >= 15 is 4.39 Å². The van der Waals surface area contributed by atoms with Crippen LogP contribution in [0, 0.1) is 11.2 Å². The molecule has 2 heterocycles. The Bertz CT molecular complexity index is 1380. The van der Waals surface area contributed by atoms with Crippen LogP contribution < -0.4 is 36.3 Å². The molecule has 1 fully saturated rings. The standard InChI is InChI=1S/C27H30FN7O5/c1-38-22-13-18(20(28)14-23(22)39-2)24(32-17-5-3-16(4-6-17)25(29)30)27(37)34-33-26(36)19-15-31-8-7-21(19)35-9-11-40-12-10-35/h3-8,13-15,24,32H,9-12H2,1-2H3,(H3,29,30)(H,33,36)(H,34,37). The molecule has 0 bridgehead atoms. The normalized spacial score (nSPS) is 13.6. The number of aromatic nitrogens is 1. The van der Waals surface area contributed by atoms with Crippen LogP contribution in [0.1, 0.15) is 27.5 Å². The molecule has 1 saturated heterocycles. The van der Waals surface area contributed by atoms with Crippen molar-refractivity contribution in [3.05, 3.63) is 77.4 Å². The average molecular weight is 552 g/mol. The molecular weight excluding hydrogens is 521 g/mol. The van der Waals surface area contributed by atoms with Crippen LogP contribution in [0.15, 0.2) is 54.9 Å². The van der Waals surface area contributed by atoms with Crippen LogP contribution in [-0.2, 0) is 9.53 Å². The lowest BCUT2D eigenvalue weighted by Gasteiger charge is -2.30. The number of benzene rings is 2. The monoisotopic (exact) mass is 551 g/mol. The van der Waals surface area contributed by atoms with Crippen LogP contribution in [-0.4, -0.2) is 63.2 Å². The summed E-state index contributed by atoms with van der Waals surface area (Å²) in [6, 6.07) is 9.22. The van der Waals surface area contributed by atoms with Crippen LogP contribution in [0.3, 0.4) is 0 Å². The van der Waals surface area contributed by atoms with E-state index in [4.69, 9.17) is 25.4 Å². The van der Waals surface area contributed by atoms with Crippen molar-refractivity contribution < 1.29 is 28.2 Å². The molecule has 1 atom stereocenters. The Morgan fingerprint density at radius 1 is 1.07 bits per heavy atom. The van der Waals surface area contributed by atoms with Crippen LogP contribution >= 0.6 is 0 Å². The fraction of sp³-hybridized carbons (Fsp3) is 0.259. The third-order valence-corrected chi connectivity index (χ3v) is 6.28. The van der Waals surface area contributed by atoms with Crippen molar-refractivity contribution in [2.45, 2.75) is 6.04 Å². The van der Waals surface area contributed by atoms with Crippen molar-refractivity contribution in [2.24, 2.45) is 5.73 Å². The van der Waals surface area contributed by atoms with E-state index in [1.807, 2.05) is 4.90 Å². The zero-order chi connectivity index (χ0) is 28.6. The molecule has 13 heteroatoms. The number of hydrogen-bond donors (Lipinski definition) is 5. The number of morpholine rings is 1. The molecule has 40 heavy (non-hydrogen) atoms. The summed E-state index contributed by atoms with van der Waals surface area (Å²) in [6.45, 7) is 2.25. The van der Waals surface area contributed by atoms with Gasteiger partial charge in [0.25, 0.3) is 11.8 Å². The highest BCUT2D eigenvalue weighted by Crippen LogP contribution is 2.34. The molecular formula is C27H30FN7O5. The molecule has 0 aliphatic carbocycles. The fourth-order valence-corrected chi connectivity index (χ4v) is 4.19. The highest BCUT2D eigenvalue weighted by Gasteiger charge is 2.27. The zero-order valence-electron chi connectivity index (χ0n) is 22.0. The molecule has 0 spiro atoms. The Balaban J connectivity index is 1.59. The Labute approximate surface area is 230 Å². The van der Waals surface area contributed by atoms with E-state index in [9.17, 15) is 9.59 Å². The van der Waals surface area contributed by atoms with Crippen molar-refractivity contribution in [1.29, 1.82) is 5.41 Å². The summed E-state index contributed by atoms with van der Waals surface area (Å²) < 4.78 is 31.1. The van der Waals surface area contributed by atoms with Crippen LogP contribution in [0.5, 0.6) is 11.5 Å². The number of halogens is 1. The van der Waals surface area contributed by atoms with Gasteiger partial charge in [0.1, 0.15) is 17.7 Å². The van der Waals surface area contributed by atoms with E-state index in [0.717, 1.165) is 6.07 Å². The van der Waals surface area contributed by atoms with Crippen molar-refractivity contribution in [3.8, 4) is 11.5 Å². The van der Waals surface area contributed by atoms with Crippen molar-refractivity contribution >= 4 is 29.0 Å². The first-order valence-corrected chi connectivity index (χ1v) is 12.3. The van der Waals surface area contributed by atoms with Gasteiger partial charge in [0.15, 0.2) is 11.5 Å². The first-order valence-electron chi connectivity index (χ1n) is 12.3. The molecule has 0 saturated carbocycles. The number of anilines is 2. The summed E-state index contributed by atoms with van der Waals surface area (Å²) >= 11 is 0. The van der Waals surface area contributed by atoms with Crippen LogP contribution in [0.2, 0.25) is 0 Å². The molecule has 6 N–H and O–H groups in total. The second-order valence-electron chi connectivity index (χ2n) is 8.73. The van der Waals surface area contributed by atoms with Gasteiger partial charge in [-0.15, -0.1) is 0 Å². The highest BCUT2D eigenvalue weighted by molar-refractivity contribution is 6.01. The Morgan fingerprint density at radius 2 is 1.75 bits per heavy atom. The molecule has 210 valence electrons. The van der Waals surface area contributed by atoms with Crippen molar-refractivity contribution in [3.63, 3.8) is 0 Å². The lowest BCUT2D eigenvalue weighted by molar-refractivity contribution is -0.122. The van der Waals surface area contributed by atoms with Gasteiger partial charge in [-0.25, -0.2) is 4.39 Å². The maximum absolute atomic E-state index is 15.2. The molecule has 4 rings (SSSR count). The number of carbonyl (C=O) groups is 2. The van der Waals surface area contributed by atoms with Gasteiger partial charge in [-0.2, -0.15) is 0 Å². The van der Waals surface area contributed by atoms with E-state index in [-0.39, 0.29) is 28.5 Å². The summed E-state index contributed by atoms with van der Waals surface area (Å²) in [7, 11) is 2.76. The number of nitrogens with two attached hydrogens (primary N) is 1. The Hall–Kier alpha value is -4.91. The maximum Gasteiger partial charge on any atom is 0.273 e. The number of ether oxygens (including phenoxy) is 3. The molecule has 12 nitrogen and oxygen atoms in total. The predicted molar refractivity (Wildman–Crippen MR) is 146 cm³/mol. The highest BCUT2D eigenvalue weighted by atomic mass is 19.1. The number of amides is 2. The second-order valence-corrected chi connectivity index (χ2v) is 8.73. The third-order valence-electron chi connectivity index (χ3n) is 6.28. The lowest BCUT2D eigenvalue weighted by Crippen LogP contribution is -2.46. The number of hydrogen-bond acceptors (Lipinski definition) is 9. The molecule has 1 aliphatic heterocycles. The third kappa shape index (κ3) is 6.38. The summed E-state index contributed by atoms with van der Waals surface area (Å²) in [5, 5.41) is 10.5. The number of rotatable bonds is 9. The van der Waals surface area contributed by atoms with Gasteiger partial charge >= 0.3 is 0 Å². The van der Waals surface area contributed by atoms with Crippen LogP contribution in [0.25, 0.3) is 0 Å². The van der Waals surface area contributed by atoms with E-state index in [2.05, 4.69) is 21.2 Å². The second kappa shape index (κ2) is 12.8. The fourth-order valence-electron chi connectivity index (χ4n) is 4.19. The summed E-state index contributed by atoms with van der Waals surface area (Å²) in [4.78, 5) is 32.6. The number of nitrogen functional groups attached to an aromatic ring is 1. The Morgan fingerprint density at radius 3 is 2.40 bits per heavy atom. The number of hydrazine groups is 1. The number of pyridine rings is 1. The SMILES string of the molecule is COc1cc(F)c(C(Nc2ccc(C(=N)N)cc2)C(=O)NNC(=O)c2cnccc2N2CCOCC2)cc1OC. The average Bonchev–Trinajstić information content (AvgIpc) is 2.99. The Kier molecular flexibility index (Phi) is 8.96. The minimum Gasteiger partial charge on any atom is -0.493 e. The predicted octanol–water partition coefficient (Wildman–Crippen LogP) is 1.97. The first-order chi connectivity index (χ1) is 19.3. The number of nitrogens with zero attached hydrogens (tertiary/aromatic N) is 2. The summed E-state index contributed by atoms with van der Waals surface area (Å²) in [6.07, 6.45) is 2.99. The largest absolute Gasteiger partial charge is 0.493 e. The molecule has 3 aromatic rings. The van der Waals surface area contributed by atoms with Gasteiger partial charge in [0.05, 0.1) is 38.7 Å². The molecule has 1 aliphatic rings. The molecule has 0 radical (unpaired) electrons. The minimum absolute atomic E-state index is 0.0598. The van der Waals surface area contributed by atoms with E-state index in [0.29, 0.717) is 43.2 Å². The van der Waals surface area contributed by atoms with Gasteiger partial charge in [0, 0.05) is 48.4 Å². The van der Waals surface area contributed by atoms with E-state index in [1.54, 1.807) is 36.5 Å². The number of carbonyl (C=O) groups excluding carboxylic acids is 2. The van der Waals surface area contributed by atoms with Gasteiger partial charge in [0.2, 0.25) is 0 Å². The topological polar surface area (TPSA) is 164 Å². The summed E-state index contributed by atoms with van der Waals surface area (Å²) in [5.74, 6) is -1.86. The van der Waals surface area contributed by atoms with Crippen molar-refractivity contribution in [2.75, 3.05) is 50.7 Å². The molecule has 1 aromatic heterocycles. The minimum atomic E-state index is -1.31. The van der Waals surface area contributed by atoms with E-state index in [1.165, 1.54) is 26.5 Å². The lowest BCUT2D eigenvalue weighted by atomic mass is 10.0. The number of nitrogens with one attached hydrogen (secondary N) is 4. The maximum atomic E-state index is 15.2. The van der Waals surface area contributed by atoms with E-state index < -0.39 is 23.7 Å². The van der Waals surface area contributed by atoms with Gasteiger partial charge in [-0.05, 0) is 36.4 Å². The first kappa shape index (κ1) is 28.1. The zero-order valence-corrected chi connectivity index (χ0v) is 22.0. The molecule has 1 unspecified atom stereocenters. The van der Waals surface area contributed by atoms with Gasteiger partial charge < -0.3 is 30.2 Å². The van der Waals surface area contributed by atoms with Gasteiger partial charge in [-0.1, -0.05) is 0 Å². The summed E-state index contributed by atoms with van der Waals surface area (Å²) in [5.41, 5.74) is 12.1. The van der Waals surface area contributed by atoms with Gasteiger partial charge in [-0.3, -0.25) is 30.8 Å². The number of methoxy groups -OCH3 is 2. The quantitative estimate of drug-likeness (QED) is 0.152. The smallest absolute Gasteiger partial charge is 0.273 e. The van der Waals surface area contributed by atoms with Crippen LogP contribution in [0.4, 0.5) is 15.8 Å². The van der Waals surface area contributed by atoms with Crippen molar-refractivity contribution in [1.82, 2.24) is 15.8 Å².